The van der Waals surface area contributed by atoms with Gasteiger partial charge in [0.1, 0.15) is 12.4 Å². The van der Waals surface area contributed by atoms with Crippen molar-refractivity contribution in [1.29, 1.82) is 0 Å². The van der Waals surface area contributed by atoms with Gasteiger partial charge in [0.2, 0.25) is 0 Å². The lowest BCUT2D eigenvalue weighted by atomic mass is 10.2. The number of aryl methyl sites for hydroxylation is 1. The maximum Gasteiger partial charge on any atom is 0.293 e. The first-order valence-electron chi connectivity index (χ1n) is 7.73. The number of carbonyl (C=O) groups excluding carboxylic acids is 2. The predicted octanol–water partition coefficient (Wildman–Crippen LogP) is 4.87. The van der Waals surface area contributed by atoms with Gasteiger partial charge in [0, 0.05) is 4.47 Å². The van der Waals surface area contributed by atoms with E-state index >= 15 is 0 Å². The molecule has 0 spiro atoms. The molecule has 25 heavy (non-hydrogen) atoms. The molecule has 3 rings (SSSR count). The summed E-state index contributed by atoms with van der Waals surface area (Å²) in [6.07, 6.45) is 1.73. The Kier molecular flexibility index (Phi) is 5.60. The Labute approximate surface area is 159 Å². The average Bonchev–Trinajstić information content (AvgIpc) is 2.84. The van der Waals surface area contributed by atoms with Crippen LogP contribution in [-0.2, 0) is 4.79 Å². The topological polar surface area (TPSA) is 46.6 Å². The zero-order chi connectivity index (χ0) is 17.8. The average molecular weight is 418 g/mol. The van der Waals surface area contributed by atoms with Gasteiger partial charge >= 0.3 is 0 Å². The van der Waals surface area contributed by atoms with E-state index in [-0.39, 0.29) is 24.3 Å². The van der Waals surface area contributed by atoms with E-state index in [0.29, 0.717) is 4.91 Å². The SMILES string of the molecule is Cc1cccc(OCCN2C(=O)S/C(=C\c3ccc(Br)cc3)C2=O)c1. The summed E-state index contributed by atoms with van der Waals surface area (Å²) in [6.45, 7) is 2.49. The summed E-state index contributed by atoms with van der Waals surface area (Å²) < 4.78 is 6.60. The second-order valence-corrected chi connectivity index (χ2v) is 7.46. The fraction of sp³-hybridized carbons (Fsp3) is 0.158. The monoisotopic (exact) mass is 417 g/mol. The number of thioether (sulfide) groups is 1. The Bertz CT molecular complexity index is 833. The van der Waals surface area contributed by atoms with E-state index in [4.69, 9.17) is 4.74 Å². The molecule has 1 fully saturated rings. The van der Waals surface area contributed by atoms with E-state index in [0.717, 1.165) is 33.1 Å². The Morgan fingerprint density at radius 2 is 1.92 bits per heavy atom. The highest BCUT2D eigenvalue weighted by Gasteiger charge is 2.34. The highest BCUT2D eigenvalue weighted by Crippen LogP contribution is 2.32. The van der Waals surface area contributed by atoms with Crippen molar-refractivity contribution in [3.63, 3.8) is 0 Å². The fourth-order valence-corrected chi connectivity index (χ4v) is 3.49. The van der Waals surface area contributed by atoms with E-state index < -0.39 is 0 Å². The molecule has 0 aliphatic carbocycles. The molecule has 0 unspecified atom stereocenters. The molecule has 2 aromatic rings. The van der Waals surface area contributed by atoms with Crippen molar-refractivity contribution < 1.29 is 14.3 Å². The molecule has 2 amide bonds. The van der Waals surface area contributed by atoms with Crippen LogP contribution in [0, 0.1) is 6.92 Å². The molecule has 0 radical (unpaired) electrons. The Hall–Kier alpha value is -2.05. The number of hydrogen-bond acceptors (Lipinski definition) is 4. The summed E-state index contributed by atoms with van der Waals surface area (Å²) in [7, 11) is 0. The van der Waals surface area contributed by atoms with Crippen molar-refractivity contribution in [2.45, 2.75) is 6.92 Å². The van der Waals surface area contributed by atoms with Crippen LogP contribution in [-0.4, -0.2) is 29.2 Å². The van der Waals surface area contributed by atoms with Crippen LogP contribution in [0.2, 0.25) is 0 Å². The van der Waals surface area contributed by atoms with Gasteiger partial charge in [-0.2, -0.15) is 0 Å². The van der Waals surface area contributed by atoms with Crippen molar-refractivity contribution in [3.05, 3.63) is 69.0 Å². The zero-order valence-electron chi connectivity index (χ0n) is 13.6. The van der Waals surface area contributed by atoms with Crippen LogP contribution in [0.15, 0.2) is 57.9 Å². The Morgan fingerprint density at radius 1 is 1.16 bits per heavy atom. The summed E-state index contributed by atoms with van der Waals surface area (Å²) in [6, 6.07) is 15.2. The number of imide groups is 1. The molecule has 1 aliphatic rings. The van der Waals surface area contributed by atoms with Gasteiger partial charge in [0.05, 0.1) is 11.4 Å². The first-order valence-corrected chi connectivity index (χ1v) is 9.34. The number of amides is 2. The molecule has 0 saturated carbocycles. The summed E-state index contributed by atoms with van der Waals surface area (Å²) >= 11 is 4.33. The lowest BCUT2D eigenvalue weighted by Gasteiger charge is -2.13. The lowest BCUT2D eigenvalue weighted by molar-refractivity contribution is -0.123. The smallest absolute Gasteiger partial charge is 0.293 e. The van der Waals surface area contributed by atoms with Gasteiger partial charge < -0.3 is 4.74 Å². The second-order valence-electron chi connectivity index (χ2n) is 5.55. The van der Waals surface area contributed by atoms with Crippen molar-refractivity contribution >= 4 is 44.9 Å². The summed E-state index contributed by atoms with van der Waals surface area (Å²) in [5.74, 6) is 0.461. The van der Waals surface area contributed by atoms with Crippen LogP contribution in [0.5, 0.6) is 5.75 Å². The van der Waals surface area contributed by atoms with Crippen LogP contribution in [0.4, 0.5) is 4.79 Å². The third-order valence-corrected chi connectivity index (χ3v) is 5.05. The molecule has 1 saturated heterocycles. The Morgan fingerprint density at radius 3 is 2.64 bits per heavy atom. The summed E-state index contributed by atoms with van der Waals surface area (Å²) in [4.78, 5) is 26.2. The van der Waals surface area contributed by atoms with Crippen molar-refractivity contribution in [2.24, 2.45) is 0 Å². The van der Waals surface area contributed by atoms with E-state index in [2.05, 4.69) is 15.9 Å². The van der Waals surface area contributed by atoms with Gasteiger partial charge in [0.15, 0.2) is 0 Å². The number of benzene rings is 2. The van der Waals surface area contributed by atoms with Gasteiger partial charge in [-0.05, 0) is 60.2 Å². The molecule has 0 N–H and O–H groups in total. The third-order valence-electron chi connectivity index (χ3n) is 3.61. The molecular formula is C19H16BrNO3S. The first-order chi connectivity index (χ1) is 12.0. The highest BCUT2D eigenvalue weighted by molar-refractivity contribution is 9.10. The standard InChI is InChI=1S/C19H16BrNO3S/c1-13-3-2-4-16(11-13)24-10-9-21-18(22)17(25-19(21)23)12-14-5-7-15(20)8-6-14/h2-8,11-12H,9-10H2,1H3/b17-12-. The molecule has 4 nitrogen and oxygen atoms in total. The number of halogens is 1. The van der Waals surface area contributed by atoms with Crippen molar-refractivity contribution in [2.75, 3.05) is 13.2 Å². The van der Waals surface area contributed by atoms with Gasteiger partial charge in [-0.15, -0.1) is 0 Å². The summed E-state index contributed by atoms with van der Waals surface area (Å²) in [5.41, 5.74) is 1.98. The van der Waals surface area contributed by atoms with E-state index in [1.165, 1.54) is 4.90 Å². The second kappa shape index (κ2) is 7.89. The number of ether oxygens (including phenoxy) is 1. The maximum atomic E-state index is 12.4. The van der Waals surface area contributed by atoms with Gasteiger partial charge in [-0.25, -0.2) is 0 Å². The highest BCUT2D eigenvalue weighted by atomic mass is 79.9. The number of rotatable bonds is 5. The van der Waals surface area contributed by atoms with Crippen molar-refractivity contribution in [3.8, 4) is 5.75 Å². The molecule has 0 aromatic heterocycles. The minimum atomic E-state index is -0.272. The fourth-order valence-electron chi connectivity index (χ4n) is 2.36. The number of hydrogen-bond donors (Lipinski definition) is 0. The molecule has 0 atom stereocenters. The van der Waals surface area contributed by atoms with Crippen LogP contribution in [0.3, 0.4) is 0 Å². The normalized spacial score (nSPS) is 15.9. The molecule has 0 bridgehead atoms. The maximum absolute atomic E-state index is 12.4. The molecular weight excluding hydrogens is 402 g/mol. The van der Waals surface area contributed by atoms with Crippen LogP contribution >= 0.6 is 27.7 Å². The largest absolute Gasteiger partial charge is 0.492 e. The molecule has 1 heterocycles. The minimum Gasteiger partial charge on any atom is -0.492 e. The van der Waals surface area contributed by atoms with E-state index in [9.17, 15) is 9.59 Å². The minimum absolute atomic E-state index is 0.232. The quantitative estimate of drug-likeness (QED) is 0.650. The molecule has 1 aliphatic heterocycles. The van der Waals surface area contributed by atoms with Gasteiger partial charge in [-0.3, -0.25) is 14.5 Å². The number of nitrogens with zero attached hydrogens (tertiary/aromatic N) is 1. The lowest BCUT2D eigenvalue weighted by Crippen LogP contribution is -2.32. The van der Waals surface area contributed by atoms with Gasteiger partial charge in [-0.1, -0.05) is 40.2 Å². The Balaban J connectivity index is 1.62. The molecule has 128 valence electrons. The first kappa shape index (κ1) is 17.8. The van der Waals surface area contributed by atoms with Crippen LogP contribution in [0.25, 0.3) is 6.08 Å². The van der Waals surface area contributed by atoms with E-state index in [1.807, 2.05) is 55.5 Å². The van der Waals surface area contributed by atoms with Crippen molar-refractivity contribution in [1.82, 2.24) is 4.90 Å². The zero-order valence-corrected chi connectivity index (χ0v) is 16.0. The van der Waals surface area contributed by atoms with E-state index in [1.54, 1.807) is 6.08 Å². The predicted molar refractivity (Wildman–Crippen MR) is 103 cm³/mol. The summed E-state index contributed by atoms with van der Waals surface area (Å²) in [5, 5.41) is -0.263. The molecule has 6 heteroatoms. The molecule has 2 aromatic carbocycles. The number of carbonyl (C=O) groups is 2. The van der Waals surface area contributed by atoms with Crippen LogP contribution < -0.4 is 4.74 Å². The third kappa shape index (κ3) is 4.52. The van der Waals surface area contributed by atoms with Crippen LogP contribution in [0.1, 0.15) is 11.1 Å². The van der Waals surface area contributed by atoms with Gasteiger partial charge in [0.25, 0.3) is 11.1 Å².